The lowest BCUT2D eigenvalue weighted by atomic mass is 10.2. The van der Waals surface area contributed by atoms with E-state index in [9.17, 15) is 9.59 Å². The van der Waals surface area contributed by atoms with E-state index in [1.807, 2.05) is 43.3 Å². The van der Waals surface area contributed by atoms with Crippen molar-refractivity contribution < 1.29 is 14.0 Å². The zero-order chi connectivity index (χ0) is 19.4. The number of hydrogen-bond donors (Lipinski definition) is 2. The van der Waals surface area contributed by atoms with E-state index in [1.54, 1.807) is 18.2 Å². The van der Waals surface area contributed by atoms with Gasteiger partial charge >= 0.3 is 0 Å². The Morgan fingerprint density at radius 3 is 2.59 bits per heavy atom. The lowest BCUT2D eigenvalue weighted by molar-refractivity contribution is -0.116. The van der Waals surface area contributed by atoms with E-state index in [-0.39, 0.29) is 30.1 Å². The molecule has 1 heterocycles. The van der Waals surface area contributed by atoms with Crippen molar-refractivity contribution in [1.82, 2.24) is 10.3 Å². The third kappa shape index (κ3) is 4.77. The van der Waals surface area contributed by atoms with Crippen LogP contribution in [0.15, 0.2) is 46.9 Å². The number of carbonyl (C=O) groups excluding carboxylic acids is 2. The third-order valence-electron chi connectivity index (χ3n) is 3.93. The maximum atomic E-state index is 12.2. The van der Waals surface area contributed by atoms with Gasteiger partial charge in [-0.15, -0.1) is 0 Å². The van der Waals surface area contributed by atoms with E-state index in [1.165, 1.54) is 0 Å². The lowest BCUT2D eigenvalue weighted by Crippen LogP contribution is -2.27. The van der Waals surface area contributed by atoms with Crippen LogP contribution in [0.2, 0.25) is 5.35 Å². The summed E-state index contributed by atoms with van der Waals surface area (Å²) in [7, 11) is 3.90. The van der Waals surface area contributed by atoms with Crippen molar-refractivity contribution in [2.24, 2.45) is 0 Å². The van der Waals surface area contributed by atoms with E-state index in [4.69, 9.17) is 16.0 Å². The Morgan fingerprint density at radius 2 is 1.89 bits per heavy atom. The highest BCUT2D eigenvalue weighted by Gasteiger charge is 2.10. The number of hydrogen-bond acceptors (Lipinski definition) is 5. The van der Waals surface area contributed by atoms with Crippen LogP contribution in [-0.2, 0) is 4.79 Å². The fourth-order valence-electron chi connectivity index (χ4n) is 2.50. The maximum absolute atomic E-state index is 12.2. The summed E-state index contributed by atoms with van der Waals surface area (Å²) in [4.78, 5) is 30.2. The van der Waals surface area contributed by atoms with Crippen LogP contribution in [0.3, 0.4) is 0 Å². The first-order valence-electron chi connectivity index (χ1n) is 8.34. The highest BCUT2D eigenvalue weighted by atomic mass is 35.5. The van der Waals surface area contributed by atoms with Crippen molar-refractivity contribution in [1.29, 1.82) is 0 Å². The number of benzene rings is 2. The van der Waals surface area contributed by atoms with Crippen molar-refractivity contribution in [3.63, 3.8) is 0 Å². The molecule has 3 aromatic rings. The van der Waals surface area contributed by atoms with Crippen LogP contribution in [0.1, 0.15) is 16.8 Å². The number of halogens is 1. The summed E-state index contributed by atoms with van der Waals surface area (Å²) in [5.41, 5.74) is 3.20. The Morgan fingerprint density at radius 1 is 1.15 bits per heavy atom. The Balaban J connectivity index is 1.49. The van der Waals surface area contributed by atoms with Gasteiger partial charge in [-0.1, -0.05) is 0 Å². The number of carbonyl (C=O) groups is 2. The molecular weight excluding hydrogens is 368 g/mol. The normalized spacial score (nSPS) is 10.6. The van der Waals surface area contributed by atoms with Gasteiger partial charge < -0.3 is 20.0 Å². The highest BCUT2D eigenvalue weighted by Crippen LogP contribution is 2.20. The summed E-state index contributed by atoms with van der Waals surface area (Å²) in [6.45, 7) is 0.220. The Hall–Kier alpha value is -3.06. The highest BCUT2D eigenvalue weighted by molar-refractivity contribution is 6.28. The lowest BCUT2D eigenvalue weighted by Gasteiger charge is -2.13. The molecule has 0 spiro atoms. The standard InChI is InChI=1S/C19H19ClN4O3/c1-24(2)14-6-4-13(5-7-14)22-17(25)9-10-21-18(26)12-3-8-16-15(11-12)23-19(20)27-16/h3-8,11H,9-10H2,1-2H3,(H,21,26)(H,22,25). The molecule has 3 rings (SSSR count). The number of aromatic nitrogens is 1. The first-order chi connectivity index (χ1) is 12.9. The molecule has 0 atom stereocenters. The third-order valence-corrected chi connectivity index (χ3v) is 4.09. The Bertz CT molecular complexity index is 967. The van der Waals surface area contributed by atoms with E-state index in [0.29, 0.717) is 22.4 Å². The number of nitrogens with one attached hydrogen (secondary N) is 2. The smallest absolute Gasteiger partial charge is 0.293 e. The minimum Gasteiger partial charge on any atom is -0.428 e. The quantitative estimate of drug-likeness (QED) is 0.678. The van der Waals surface area contributed by atoms with Gasteiger partial charge in [-0.25, -0.2) is 0 Å². The average molecular weight is 387 g/mol. The van der Waals surface area contributed by atoms with Gasteiger partial charge in [0.15, 0.2) is 5.58 Å². The fourth-order valence-corrected chi connectivity index (χ4v) is 2.67. The second-order valence-corrected chi connectivity index (χ2v) is 6.47. The average Bonchev–Trinajstić information content (AvgIpc) is 3.01. The van der Waals surface area contributed by atoms with Crippen molar-refractivity contribution in [2.75, 3.05) is 30.9 Å². The van der Waals surface area contributed by atoms with Crippen LogP contribution in [-0.4, -0.2) is 37.4 Å². The summed E-state index contributed by atoms with van der Waals surface area (Å²) in [6.07, 6.45) is 0.166. The largest absolute Gasteiger partial charge is 0.428 e. The minimum absolute atomic E-state index is 0.0258. The number of oxazole rings is 1. The molecule has 0 saturated carbocycles. The molecule has 2 N–H and O–H groups in total. The van der Waals surface area contributed by atoms with Crippen molar-refractivity contribution in [3.05, 3.63) is 53.4 Å². The molecule has 0 radical (unpaired) electrons. The first kappa shape index (κ1) is 18.7. The molecule has 7 nitrogen and oxygen atoms in total. The second-order valence-electron chi connectivity index (χ2n) is 6.14. The predicted molar refractivity (Wildman–Crippen MR) is 105 cm³/mol. The number of fused-ring (bicyclic) bond motifs is 1. The fraction of sp³-hybridized carbons (Fsp3) is 0.211. The molecule has 1 aromatic heterocycles. The SMILES string of the molecule is CN(C)c1ccc(NC(=O)CCNC(=O)c2ccc3oc(Cl)nc3c2)cc1. The molecule has 0 aliphatic carbocycles. The van der Waals surface area contributed by atoms with Gasteiger partial charge in [-0.3, -0.25) is 9.59 Å². The van der Waals surface area contributed by atoms with Gasteiger partial charge in [-0.05, 0) is 54.1 Å². The summed E-state index contributed by atoms with van der Waals surface area (Å²) < 4.78 is 5.16. The molecule has 2 aromatic carbocycles. The zero-order valence-corrected chi connectivity index (χ0v) is 15.7. The van der Waals surface area contributed by atoms with Crippen LogP contribution in [0.5, 0.6) is 0 Å². The Labute approximate surface area is 161 Å². The van der Waals surface area contributed by atoms with Crippen molar-refractivity contribution in [3.8, 4) is 0 Å². The van der Waals surface area contributed by atoms with Gasteiger partial charge in [0.2, 0.25) is 5.91 Å². The molecular formula is C19H19ClN4O3. The summed E-state index contributed by atoms with van der Waals surface area (Å²) in [5.74, 6) is -0.467. The number of anilines is 2. The van der Waals surface area contributed by atoms with Crippen LogP contribution in [0.4, 0.5) is 11.4 Å². The molecule has 0 unspecified atom stereocenters. The van der Waals surface area contributed by atoms with Gasteiger partial charge in [0.25, 0.3) is 11.3 Å². The molecule has 140 valence electrons. The summed E-state index contributed by atoms with van der Waals surface area (Å²) in [6, 6.07) is 12.4. The molecule has 0 fully saturated rings. The van der Waals surface area contributed by atoms with Crippen LogP contribution in [0, 0.1) is 0 Å². The van der Waals surface area contributed by atoms with Gasteiger partial charge in [0.05, 0.1) is 0 Å². The summed E-state index contributed by atoms with van der Waals surface area (Å²) in [5, 5.41) is 5.54. The topological polar surface area (TPSA) is 87.5 Å². The van der Waals surface area contributed by atoms with Crippen LogP contribution >= 0.6 is 11.6 Å². The molecule has 8 heteroatoms. The van der Waals surface area contributed by atoms with Gasteiger partial charge in [0, 0.05) is 44.0 Å². The zero-order valence-electron chi connectivity index (χ0n) is 15.0. The number of rotatable bonds is 6. The van der Waals surface area contributed by atoms with Gasteiger partial charge in [0.1, 0.15) is 5.52 Å². The van der Waals surface area contributed by atoms with Gasteiger partial charge in [-0.2, -0.15) is 4.98 Å². The van der Waals surface area contributed by atoms with Crippen LogP contribution < -0.4 is 15.5 Å². The molecule has 0 aliphatic heterocycles. The molecule has 0 saturated heterocycles. The van der Waals surface area contributed by atoms with E-state index in [2.05, 4.69) is 15.6 Å². The van der Waals surface area contributed by atoms with E-state index in [0.717, 1.165) is 5.69 Å². The van der Waals surface area contributed by atoms with E-state index < -0.39 is 0 Å². The van der Waals surface area contributed by atoms with Crippen molar-refractivity contribution >= 4 is 45.9 Å². The molecule has 0 bridgehead atoms. The monoisotopic (exact) mass is 386 g/mol. The molecule has 2 amide bonds. The Kier molecular flexibility index (Phi) is 5.61. The number of amides is 2. The van der Waals surface area contributed by atoms with Crippen LogP contribution in [0.25, 0.3) is 11.1 Å². The minimum atomic E-state index is -0.292. The maximum Gasteiger partial charge on any atom is 0.293 e. The molecule has 0 aliphatic rings. The molecule has 27 heavy (non-hydrogen) atoms. The van der Waals surface area contributed by atoms with Crippen molar-refractivity contribution in [2.45, 2.75) is 6.42 Å². The first-order valence-corrected chi connectivity index (χ1v) is 8.72. The predicted octanol–water partition coefficient (Wildman–Crippen LogP) is 3.31. The second kappa shape index (κ2) is 8.09. The number of nitrogens with zero attached hydrogens (tertiary/aromatic N) is 2. The van der Waals surface area contributed by atoms with E-state index >= 15 is 0 Å². The summed E-state index contributed by atoms with van der Waals surface area (Å²) >= 11 is 5.70.